The third kappa shape index (κ3) is 8.06. The van der Waals surface area contributed by atoms with E-state index in [0.29, 0.717) is 0 Å². The number of unbranched alkanes of at least 4 members (excludes halogenated alkanes) is 1. The third-order valence-electron chi connectivity index (χ3n) is 2.07. The first kappa shape index (κ1) is 12.0. The topological polar surface area (TPSA) is 0 Å². The molecule has 0 aliphatic rings. The highest BCUT2D eigenvalue weighted by atomic mass is 28.3. The van der Waals surface area contributed by atoms with E-state index >= 15 is 0 Å². The molecule has 0 radical (unpaired) electrons. The lowest BCUT2D eigenvalue weighted by Gasteiger charge is -2.20. The highest BCUT2D eigenvalue weighted by Crippen LogP contribution is 2.20. The minimum Gasteiger partial charge on any atom is -0.103 e. The Hall–Kier alpha value is -0.0431. The second kappa shape index (κ2) is 5.58. The molecule has 12 heavy (non-hydrogen) atoms. The van der Waals surface area contributed by atoms with Crippen LogP contribution in [0.5, 0.6) is 0 Å². The summed E-state index contributed by atoms with van der Waals surface area (Å²) in [5, 5.41) is 0. The van der Waals surface area contributed by atoms with Crippen molar-refractivity contribution in [3.8, 4) is 0 Å². The van der Waals surface area contributed by atoms with Gasteiger partial charge >= 0.3 is 0 Å². The van der Waals surface area contributed by atoms with Crippen molar-refractivity contribution in [3.05, 3.63) is 12.7 Å². The monoisotopic (exact) mass is 184 g/mol. The molecule has 0 fully saturated rings. The van der Waals surface area contributed by atoms with E-state index in [1.54, 1.807) is 0 Å². The zero-order valence-corrected chi connectivity index (χ0v) is 10.2. The Morgan fingerprint density at radius 1 is 1.33 bits per heavy atom. The Balaban J connectivity index is 3.46. The first-order chi connectivity index (χ1) is 5.45. The van der Waals surface area contributed by atoms with Crippen molar-refractivity contribution in [2.24, 2.45) is 5.92 Å². The molecule has 0 heterocycles. The molecular formula is C11H24Si. The van der Waals surface area contributed by atoms with E-state index in [4.69, 9.17) is 0 Å². The first-order valence-corrected chi connectivity index (χ1v) is 8.77. The van der Waals surface area contributed by atoms with E-state index in [9.17, 15) is 0 Å². The van der Waals surface area contributed by atoms with Crippen LogP contribution in [-0.2, 0) is 0 Å². The SMILES string of the molecule is C=CCCCC(C)C[Si](C)(C)C. The molecule has 0 aromatic rings. The maximum Gasteiger partial charge on any atom is 0.0445 e. The Bertz CT molecular complexity index is 121. The van der Waals surface area contributed by atoms with Gasteiger partial charge in [-0.25, -0.2) is 0 Å². The van der Waals surface area contributed by atoms with Gasteiger partial charge in [-0.05, 0) is 18.8 Å². The molecule has 0 aliphatic carbocycles. The number of hydrogen-bond donors (Lipinski definition) is 0. The van der Waals surface area contributed by atoms with Gasteiger partial charge in [0.25, 0.3) is 0 Å². The van der Waals surface area contributed by atoms with Gasteiger partial charge in [-0.3, -0.25) is 0 Å². The Morgan fingerprint density at radius 2 is 1.92 bits per heavy atom. The summed E-state index contributed by atoms with van der Waals surface area (Å²) < 4.78 is 0. The zero-order valence-electron chi connectivity index (χ0n) is 9.19. The van der Waals surface area contributed by atoms with Crippen molar-refractivity contribution in [3.63, 3.8) is 0 Å². The molecular weight excluding hydrogens is 160 g/mol. The second-order valence-electron chi connectivity index (χ2n) is 5.09. The summed E-state index contributed by atoms with van der Waals surface area (Å²) in [7, 11) is -0.806. The van der Waals surface area contributed by atoms with E-state index in [2.05, 4.69) is 33.1 Å². The largest absolute Gasteiger partial charge is 0.103 e. The molecule has 0 aromatic carbocycles. The third-order valence-corrected chi connectivity index (χ3v) is 3.99. The molecule has 72 valence electrons. The van der Waals surface area contributed by atoms with Crippen LogP contribution in [0.15, 0.2) is 12.7 Å². The number of rotatable bonds is 6. The first-order valence-electron chi connectivity index (χ1n) is 5.06. The molecule has 0 bridgehead atoms. The van der Waals surface area contributed by atoms with Crippen LogP contribution in [0.3, 0.4) is 0 Å². The lowest BCUT2D eigenvalue weighted by molar-refractivity contribution is 0.553. The molecule has 0 aliphatic heterocycles. The maximum absolute atomic E-state index is 3.74. The molecule has 0 spiro atoms. The van der Waals surface area contributed by atoms with Crippen molar-refractivity contribution >= 4 is 8.07 Å². The van der Waals surface area contributed by atoms with Gasteiger partial charge in [-0.15, -0.1) is 6.58 Å². The zero-order chi connectivity index (χ0) is 9.61. The van der Waals surface area contributed by atoms with Crippen molar-refractivity contribution < 1.29 is 0 Å². The molecule has 0 nitrogen and oxygen atoms in total. The average Bonchev–Trinajstić information content (AvgIpc) is 1.84. The van der Waals surface area contributed by atoms with E-state index in [-0.39, 0.29) is 0 Å². The van der Waals surface area contributed by atoms with Gasteiger partial charge in [-0.1, -0.05) is 45.1 Å². The molecule has 0 rings (SSSR count). The van der Waals surface area contributed by atoms with Gasteiger partial charge in [-0.2, -0.15) is 0 Å². The van der Waals surface area contributed by atoms with Gasteiger partial charge in [0.1, 0.15) is 0 Å². The van der Waals surface area contributed by atoms with Gasteiger partial charge in [0.2, 0.25) is 0 Å². The van der Waals surface area contributed by atoms with Crippen molar-refractivity contribution in [1.29, 1.82) is 0 Å². The van der Waals surface area contributed by atoms with Crippen LogP contribution in [0.25, 0.3) is 0 Å². The van der Waals surface area contributed by atoms with Gasteiger partial charge in [0, 0.05) is 8.07 Å². The van der Waals surface area contributed by atoms with Gasteiger partial charge < -0.3 is 0 Å². The van der Waals surface area contributed by atoms with Crippen LogP contribution in [0.2, 0.25) is 25.7 Å². The van der Waals surface area contributed by atoms with Crippen LogP contribution in [0.1, 0.15) is 26.2 Å². The molecule has 1 heteroatoms. The van der Waals surface area contributed by atoms with E-state index < -0.39 is 8.07 Å². The maximum atomic E-state index is 3.74. The average molecular weight is 184 g/mol. The molecule has 0 saturated heterocycles. The number of hydrogen-bond acceptors (Lipinski definition) is 0. The summed E-state index contributed by atoms with van der Waals surface area (Å²) in [6.45, 7) is 13.5. The van der Waals surface area contributed by atoms with E-state index in [1.165, 1.54) is 25.3 Å². The lowest BCUT2D eigenvalue weighted by atomic mass is 10.1. The second-order valence-corrected chi connectivity index (χ2v) is 10.6. The molecule has 0 amide bonds. The predicted octanol–water partition coefficient (Wildman–Crippen LogP) is 4.32. The Morgan fingerprint density at radius 3 is 2.33 bits per heavy atom. The van der Waals surface area contributed by atoms with Crippen molar-refractivity contribution in [2.45, 2.75) is 51.9 Å². The van der Waals surface area contributed by atoms with Gasteiger partial charge in [0.05, 0.1) is 0 Å². The fourth-order valence-corrected chi connectivity index (χ4v) is 4.05. The van der Waals surface area contributed by atoms with E-state index in [1.807, 2.05) is 6.08 Å². The summed E-state index contributed by atoms with van der Waals surface area (Å²) in [4.78, 5) is 0. The molecule has 1 atom stereocenters. The summed E-state index contributed by atoms with van der Waals surface area (Å²) in [5.74, 6) is 0.927. The van der Waals surface area contributed by atoms with Crippen molar-refractivity contribution in [1.82, 2.24) is 0 Å². The van der Waals surface area contributed by atoms with Crippen LogP contribution in [-0.4, -0.2) is 8.07 Å². The van der Waals surface area contributed by atoms with Crippen LogP contribution < -0.4 is 0 Å². The van der Waals surface area contributed by atoms with Crippen LogP contribution in [0.4, 0.5) is 0 Å². The summed E-state index contributed by atoms with van der Waals surface area (Å²) in [5.41, 5.74) is 0. The highest BCUT2D eigenvalue weighted by molar-refractivity contribution is 6.76. The minimum atomic E-state index is -0.806. The molecule has 0 aromatic heterocycles. The quantitative estimate of drug-likeness (QED) is 0.328. The standard InChI is InChI=1S/C11H24Si/c1-6-7-8-9-11(2)10-12(3,4)5/h6,11H,1,7-10H2,2-5H3. The Kier molecular flexibility index (Phi) is 5.56. The normalized spacial score (nSPS) is 14.3. The number of allylic oxidation sites excluding steroid dienone is 1. The van der Waals surface area contributed by atoms with Crippen LogP contribution >= 0.6 is 0 Å². The summed E-state index contributed by atoms with van der Waals surface area (Å²) in [6.07, 6.45) is 5.93. The smallest absolute Gasteiger partial charge is 0.0445 e. The fraction of sp³-hybridized carbons (Fsp3) is 0.818. The fourth-order valence-electron chi connectivity index (χ4n) is 1.76. The van der Waals surface area contributed by atoms with Crippen molar-refractivity contribution in [2.75, 3.05) is 0 Å². The molecule has 0 saturated carbocycles. The van der Waals surface area contributed by atoms with Crippen LogP contribution in [0, 0.1) is 5.92 Å². The van der Waals surface area contributed by atoms with Gasteiger partial charge in [0.15, 0.2) is 0 Å². The lowest BCUT2D eigenvalue weighted by Crippen LogP contribution is -2.22. The molecule has 0 N–H and O–H groups in total. The highest BCUT2D eigenvalue weighted by Gasteiger charge is 2.16. The summed E-state index contributed by atoms with van der Waals surface area (Å²) in [6, 6.07) is 1.48. The summed E-state index contributed by atoms with van der Waals surface area (Å²) >= 11 is 0. The minimum absolute atomic E-state index is 0.806. The molecule has 1 unspecified atom stereocenters. The Labute approximate surface area is 79.1 Å². The predicted molar refractivity (Wildman–Crippen MR) is 61.4 cm³/mol. The van der Waals surface area contributed by atoms with E-state index in [0.717, 1.165) is 5.92 Å².